The van der Waals surface area contributed by atoms with E-state index < -0.39 is 0 Å². The maximum absolute atomic E-state index is 5.32. The summed E-state index contributed by atoms with van der Waals surface area (Å²) in [6.45, 7) is 4.68. The fourth-order valence-electron chi connectivity index (χ4n) is 21.4. The first-order valence-corrected chi connectivity index (χ1v) is 48.2. The number of aromatic nitrogens is 10. The smallest absolute Gasteiger partial charge is 0.164 e. The van der Waals surface area contributed by atoms with Gasteiger partial charge in [-0.3, -0.25) is 9.97 Å². The van der Waals surface area contributed by atoms with Gasteiger partial charge in [-0.1, -0.05) is 402 Å². The molecule has 0 fully saturated rings. The van der Waals surface area contributed by atoms with Crippen molar-refractivity contribution in [2.24, 2.45) is 0 Å². The SMILES string of the molecule is CC1(C)c2ccccc2-c2cc3c4ccccc4n(-c4cccc(-c5nc(-c6ccccc6)nc(-c6ccccc6)n5)c4)c3cc21.c1ccc(-c2ccc(-c3nc(-c4cc5ccccc5c5ccccc45)cc(-c4cc5ccccc5c5ccccc45)n3)cc2)nc1.c1ccc2c(-c3ccc(-c4nc(-c5cc6ccccc6c6ccccc56)cc(-c5cc6ccccc6c6ccccc56)n4)cc3)nccc2c1. The van der Waals surface area contributed by atoms with Gasteiger partial charge in [0.15, 0.2) is 29.1 Å². The Balaban J connectivity index is 0.000000109. The van der Waals surface area contributed by atoms with Crippen molar-refractivity contribution in [1.82, 2.24) is 49.4 Å². The molecule has 28 rings (SSSR count). The van der Waals surface area contributed by atoms with Crippen LogP contribution in [0.25, 0.3) is 260 Å². The molecule has 6 aromatic heterocycles. The van der Waals surface area contributed by atoms with Gasteiger partial charge in [0.05, 0.1) is 45.2 Å². The Bertz CT molecular complexity index is 9360. The minimum atomic E-state index is -0.0875. The van der Waals surface area contributed by atoms with E-state index in [1.54, 1.807) is 0 Å². The maximum Gasteiger partial charge on any atom is 0.164 e. The summed E-state index contributed by atoms with van der Waals surface area (Å²) in [5, 5.41) is 24.0. The molecule has 6 heterocycles. The molecule has 1 aliphatic carbocycles. The molecule has 10 nitrogen and oxygen atoms in total. The molecular formula is C132H86N10. The molecule has 142 heavy (non-hydrogen) atoms. The van der Waals surface area contributed by atoms with Crippen molar-refractivity contribution in [2.45, 2.75) is 19.3 Å². The van der Waals surface area contributed by atoms with Gasteiger partial charge in [-0.25, -0.2) is 34.9 Å². The molecule has 21 aromatic carbocycles. The third-order valence-electron chi connectivity index (χ3n) is 28.3. The van der Waals surface area contributed by atoms with E-state index in [2.05, 4.69) is 418 Å². The van der Waals surface area contributed by atoms with Crippen molar-refractivity contribution < 1.29 is 0 Å². The van der Waals surface area contributed by atoms with Crippen LogP contribution in [-0.2, 0) is 5.41 Å². The molecule has 10 heteroatoms. The summed E-state index contributed by atoms with van der Waals surface area (Å²) in [5.74, 6) is 3.33. The van der Waals surface area contributed by atoms with Crippen LogP contribution in [0, 0.1) is 0 Å². The van der Waals surface area contributed by atoms with Gasteiger partial charge in [0.1, 0.15) is 0 Å². The first kappa shape index (κ1) is 83.8. The second-order valence-electron chi connectivity index (χ2n) is 37.0. The van der Waals surface area contributed by atoms with Gasteiger partial charge < -0.3 is 4.57 Å². The quantitative estimate of drug-likeness (QED) is 0.110. The molecule has 0 atom stereocenters. The lowest BCUT2D eigenvalue weighted by atomic mass is 9.82. The van der Waals surface area contributed by atoms with Crippen LogP contribution in [0.15, 0.2) is 486 Å². The number of para-hydroxylation sites is 1. The third-order valence-corrected chi connectivity index (χ3v) is 28.3. The summed E-state index contributed by atoms with van der Waals surface area (Å²) < 4.78 is 2.39. The van der Waals surface area contributed by atoms with Crippen LogP contribution in [0.4, 0.5) is 0 Å². The van der Waals surface area contributed by atoms with E-state index in [1.807, 2.05) is 91.3 Å². The number of fused-ring (bicyclic) bond motifs is 19. The molecule has 664 valence electrons. The van der Waals surface area contributed by atoms with Crippen LogP contribution in [0.2, 0.25) is 0 Å². The van der Waals surface area contributed by atoms with Gasteiger partial charge >= 0.3 is 0 Å². The highest BCUT2D eigenvalue weighted by Crippen LogP contribution is 2.52. The van der Waals surface area contributed by atoms with Crippen molar-refractivity contribution in [3.63, 3.8) is 0 Å². The van der Waals surface area contributed by atoms with E-state index in [0.717, 1.165) is 106 Å². The Morgan fingerprint density at radius 1 is 0.176 bits per heavy atom. The molecule has 27 aromatic rings. The number of rotatable bonds is 12. The normalized spacial score (nSPS) is 12.1. The third kappa shape index (κ3) is 15.0. The monoisotopic (exact) mass is 1810 g/mol. The number of pyridine rings is 2. The average molecular weight is 1810 g/mol. The van der Waals surface area contributed by atoms with E-state index in [0.29, 0.717) is 29.1 Å². The molecule has 0 amide bonds. The minimum Gasteiger partial charge on any atom is -0.309 e. The van der Waals surface area contributed by atoms with Gasteiger partial charge in [0.2, 0.25) is 0 Å². The summed E-state index contributed by atoms with van der Waals surface area (Å²) in [4.78, 5) is 45.4. The fraction of sp³-hybridized carbons (Fsp3) is 0.0227. The Kier molecular flexibility index (Phi) is 20.7. The zero-order valence-corrected chi connectivity index (χ0v) is 77.7. The molecule has 0 aliphatic heterocycles. The number of hydrogen-bond acceptors (Lipinski definition) is 9. The summed E-state index contributed by atoms with van der Waals surface area (Å²) >= 11 is 0. The van der Waals surface area contributed by atoms with E-state index in [9.17, 15) is 0 Å². The van der Waals surface area contributed by atoms with Crippen molar-refractivity contribution in [1.29, 1.82) is 0 Å². The van der Waals surface area contributed by atoms with Gasteiger partial charge in [-0.2, -0.15) is 0 Å². The lowest BCUT2D eigenvalue weighted by Crippen LogP contribution is -2.14. The van der Waals surface area contributed by atoms with Crippen molar-refractivity contribution >= 4 is 119 Å². The lowest BCUT2D eigenvalue weighted by Gasteiger charge is -2.21. The van der Waals surface area contributed by atoms with E-state index in [-0.39, 0.29) is 5.41 Å². The van der Waals surface area contributed by atoms with Gasteiger partial charge in [0.25, 0.3) is 0 Å². The van der Waals surface area contributed by atoms with Gasteiger partial charge in [-0.15, -0.1) is 0 Å². The highest BCUT2D eigenvalue weighted by Gasteiger charge is 2.37. The molecule has 0 N–H and O–H groups in total. The summed E-state index contributed by atoms with van der Waals surface area (Å²) in [6.07, 6.45) is 3.70. The number of benzene rings is 21. The molecule has 1 aliphatic rings. The summed E-state index contributed by atoms with van der Waals surface area (Å²) in [7, 11) is 0. The first-order chi connectivity index (χ1) is 70.1. The topological polar surface area (TPSA) is 121 Å². The maximum atomic E-state index is 5.32. The highest BCUT2D eigenvalue weighted by molar-refractivity contribution is 6.19. The Morgan fingerprint density at radius 3 is 1.00 bits per heavy atom. The van der Waals surface area contributed by atoms with Crippen molar-refractivity contribution in [3.8, 4) is 141 Å². The Labute approximate surface area is 819 Å². The lowest BCUT2D eigenvalue weighted by molar-refractivity contribution is 0.661. The van der Waals surface area contributed by atoms with Crippen LogP contribution >= 0.6 is 0 Å². The molecule has 0 saturated heterocycles. The van der Waals surface area contributed by atoms with Gasteiger partial charge in [0, 0.05) is 101 Å². The second-order valence-corrected chi connectivity index (χ2v) is 37.0. The number of hydrogen-bond donors (Lipinski definition) is 0. The van der Waals surface area contributed by atoms with Crippen molar-refractivity contribution in [2.75, 3.05) is 0 Å². The molecule has 0 unspecified atom stereocenters. The van der Waals surface area contributed by atoms with E-state index in [1.165, 1.54) is 136 Å². The van der Waals surface area contributed by atoms with Crippen LogP contribution in [0.3, 0.4) is 0 Å². The van der Waals surface area contributed by atoms with Crippen LogP contribution in [0.1, 0.15) is 25.0 Å². The number of nitrogens with zero attached hydrogens (tertiary/aromatic N) is 10. The fourth-order valence-corrected chi connectivity index (χ4v) is 21.4. The van der Waals surface area contributed by atoms with Gasteiger partial charge in [-0.05, 0) is 199 Å². The Hall–Kier alpha value is -18.8. The second kappa shape index (κ2) is 35.1. The van der Waals surface area contributed by atoms with Crippen LogP contribution in [0.5, 0.6) is 0 Å². The zero-order valence-electron chi connectivity index (χ0n) is 77.7. The standard InChI is InChI=1S/C47H29N3.C43H27N3.C42H30N4/c1-6-16-37-30(11-1)25-26-48-46(37)31-21-23-32(24-22-31)47-49-44(42-27-33-12-2-4-14-35(33)38-17-7-9-19-40(38)42)29-45(50-47)43-28-34-13-3-5-15-36(34)39-18-8-10-20-41(39)43;1-3-13-32-30(11-1)25-38(36-17-7-5-15-34(32)36)41-27-42(39-26-31-12-2-4-14-33(31)35-16-6-8-18-37(35)39)46-43(45-41)29-22-20-28(21-23-29)40-19-9-10-24-44-40;1-42(2)35-22-11-9-20-31(35)33-25-34-32-21-10-12-23-37(32)46(38(34)26-36(33)42)30-19-13-18-29(24-30)41-44-39(27-14-5-3-6-15-27)43-40(45-41)28-16-7-4-8-17-28/h1-29H;1-27H;3-26H,1-2H3. The van der Waals surface area contributed by atoms with Crippen molar-refractivity contribution in [3.05, 3.63) is 497 Å². The first-order valence-electron chi connectivity index (χ1n) is 48.2. The average Bonchev–Trinajstić information content (AvgIpc) is 1.54. The molecule has 0 bridgehead atoms. The van der Waals surface area contributed by atoms with E-state index >= 15 is 0 Å². The summed E-state index contributed by atoms with van der Waals surface area (Å²) in [5.41, 5.74) is 25.5. The van der Waals surface area contributed by atoms with Crippen LogP contribution < -0.4 is 0 Å². The van der Waals surface area contributed by atoms with Crippen LogP contribution in [-0.4, -0.2) is 49.4 Å². The molecule has 0 saturated carbocycles. The minimum absolute atomic E-state index is 0.0875. The highest BCUT2D eigenvalue weighted by atomic mass is 15.0. The predicted octanol–water partition coefficient (Wildman–Crippen LogP) is 33.7. The summed E-state index contributed by atoms with van der Waals surface area (Å²) in [6, 6.07) is 167. The predicted molar refractivity (Wildman–Crippen MR) is 589 cm³/mol. The molecule has 0 radical (unpaired) electrons. The molecular weight excluding hydrogens is 1730 g/mol. The molecule has 0 spiro atoms. The Morgan fingerprint density at radius 2 is 0.535 bits per heavy atom. The largest absolute Gasteiger partial charge is 0.309 e. The van der Waals surface area contributed by atoms with E-state index in [4.69, 9.17) is 39.9 Å². The zero-order chi connectivity index (χ0) is 94.3.